The van der Waals surface area contributed by atoms with Gasteiger partial charge in [-0.1, -0.05) is 60.2 Å². The predicted octanol–water partition coefficient (Wildman–Crippen LogP) is 11.3. The molecule has 0 amide bonds. The number of nitrogens with zero attached hydrogens (tertiary/aromatic N) is 4. The van der Waals surface area contributed by atoms with Crippen LogP contribution in [0.25, 0.3) is 66.9 Å². The van der Waals surface area contributed by atoms with Crippen molar-refractivity contribution in [2.45, 2.75) is 57.4 Å². The molecule has 0 N–H and O–H groups in total. The average molecular weight is 922 g/mol. The third-order valence-corrected chi connectivity index (χ3v) is 13.5. The summed E-state index contributed by atoms with van der Waals surface area (Å²) >= 11 is -1.86. The molecule has 8 aromatic rings. The Hall–Kier alpha value is -4.36. The van der Waals surface area contributed by atoms with E-state index in [9.17, 15) is 0 Å². The largest absolute Gasteiger partial charge is 0.483 e. The molecule has 4 aromatic heterocycles. The van der Waals surface area contributed by atoms with E-state index in [1.165, 1.54) is 5.56 Å². The van der Waals surface area contributed by atoms with Crippen LogP contribution in [0.2, 0.25) is 17.3 Å². The van der Waals surface area contributed by atoms with Crippen LogP contribution in [0.5, 0.6) is 0 Å². The van der Waals surface area contributed by atoms with E-state index in [0.29, 0.717) is 11.6 Å². The molecule has 52 heavy (non-hydrogen) atoms. The van der Waals surface area contributed by atoms with Gasteiger partial charge in [0.1, 0.15) is 11.3 Å². The Morgan fingerprint density at radius 3 is 2.23 bits per heavy atom. The maximum absolute atomic E-state index is 6.07. The molecule has 0 atom stereocenters. The van der Waals surface area contributed by atoms with Crippen molar-refractivity contribution >= 4 is 50.8 Å². The van der Waals surface area contributed by atoms with Gasteiger partial charge in [-0.15, -0.1) is 6.07 Å². The van der Waals surface area contributed by atoms with Crippen LogP contribution in [0.4, 0.5) is 0 Å². The number of rotatable bonds is 7. The molecule has 4 aromatic carbocycles. The molecule has 5 nitrogen and oxygen atoms in total. The quantitative estimate of drug-likeness (QED) is 0.118. The summed E-state index contributed by atoms with van der Waals surface area (Å²) in [4.78, 5) is 14.1. The van der Waals surface area contributed by atoms with Gasteiger partial charge in [0.15, 0.2) is 0 Å². The maximum atomic E-state index is 6.07. The SMILES string of the molecule is CC(C)Cc1cc(-c2[c-]cccc2)nc[c]1[Ge]([CH3])([CH3])[CH3].CC(C)n1c(-c2[c-]nc3oc4cc(-c5ccccc5)ccc4c3c2)nc2ccccc21.[Ir]. The summed E-state index contributed by atoms with van der Waals surface area (Å²) in [5, 5.41) is 2.02. The molecule has 0 aliphatic rings. The first-order valence-electron chi connectivity index (χ1n) is 17.8. The Morgan fingerprint density at radius 2 is 1.52 bits per heavy atom. The third-order valence-electron chi connectivity index (χ3n) is 9.15. The topological polar surface area (TPSA) is 56.7 Å². The summed E-state index contributed by atoms with van der Waals surface area (Å²) < 4.78 is 9.85. The summed E-state index contributed by atoms with van der Waals surface area (Å²) in [5.74, 6) is 8.87. The third kappa shape index (κ3) is 7.85. The van der Waals surface area contributed by atoms with Gasteiger partial charge in [0.25, 0.3) is 0 Å². The molecule has 1 radical (unpaired) electrons. The molecule has 0 saturated heterocycles. The van der Waals surface area contributed by atoms with E-state index in [0.717, 1.165) is 67.6 Å². The van der Waals surface area contributed by atoms with Crippen molar-refractivity contribution in [2.75, 3.05) is 0 Å². The van der Waals surface area contributed by atoms with Gasteiger partial charge >= 0.3 is 126 Å². The van der Waals surface area contributed by atoms with Crippen LogP contribution in [-0.4, -0.2) is 32.8 Å². The molecule has 0 spiro atoms. The Balaban J connectivity index is 0.000000193. The minimum Gasteiger partial charge on any atom is -0.483 e. The molecule has 0 unspecified atom stereocenters. The van der Waals surface area contributed by atoms with Gasteiger partial charge in [0, 0.05) is 31.5 Å². The van der Waals surface area contributed by atoms with E-state index in [4.69, 9.17) is 14.4 Å². The molecule has 0 aliphatic carbocycles. The number of pyridine rings is 2. The van der Waals surface area contributed by atoms with Crippen LogP contribution in [0.1, 0.15) is 39.3 Å². The fraction of sp³-hybridized carbons (Fsp3) is 0.222. The van der Waals surface area contributed by atoms with Gasteiger partial charge in [-0.25, -0.2) is 0 Å². The Morgan fingerprint density at radius 1 is 0.769 bits per heavy atom. The summed E-state index contributed by atoms with van der Waals surface area (Å²) in [6.07, 6.45) is 6.44. The van der Waals surface area contributed by atoms with Crippen LogP contribution < -0.4 is 4.40 Å². The second-order valence-corrected chi connectivity index (χ2v) is 25.5. The normalized spacial score (nSPS) is 11.6. The van der Waals surface area contributed by atoms with Crippen molar-refractivity contribution in [3.05, 3.63) is 133 Å². The summed E-state index contributed by atoms with van der Waals surface area (Å²) in [7, 11) is 0. The molecule has 0 fully saturated rings. The van der Waals surface area contributed by atoms with Crippen molar-refractivity contribution in [1.82, 2.24) is 19.5 Å². The molecule has 4 heterocycles. The molecular formula is C45H44GeIrN4O-2. The zero-order valence-corrected chi connectivity index (χ0v) is 35.4. The van der Waals surface area contributed by atoms with E-state index in [2.05, 4.69) is 128 Å². The van der Waals surface area contributed by atoms with Crippen molar-refractivity contribution in [1.29, 1.82) is 0 Å². The van der Waals surface area contributed by atoms with Gasteiger partial charge in [-0.05, 0) is 54.8 Å². The van der Waals surface area contributed by atoms with Gasteiger partial charge in [0.2, 0.25) is 0 Å². The minimum atomic E-state index is -1.86. The minimum absolute atomic E-state index is 0. The maximum Gasteiger partial charge on any atom is 0.141 e. The van der Waals surface area contributed by atoms with Crippen LogP contribution in [0.3, 0.4) is 0 Å². The first-order chi connectivity index (χ1) is 24.6. The second-order valence-electron chi connectivity index (χ2n) is 14.9. The second kappa shape index (κ2) is 15.7. The molecule has 8 rings (SSSR count). The average Bonchev–Trinajstić information content (AvgIpc) is 3.70. The Labute approximate surface area is 323 Å². The molecule has 0 aliphatic heterocycles. The zero-order valence-electron chi connectivity index (χ0n) is 30.9. The van der Waals surface area contributed by atoms with Crippen molar-refractivity contribution in [3.8, 4) is 33.8 Å². The standard InChI is InChI=1S/C27H20N3O.C18H24GeN.Ir/c1-17(2)30-24-11-7-6-10-23(24)29-26(30)20-14-22-21-13-12-19(18-8-4-3-5-9-18)15-25(21)31-27(22)28-16-20;1-14(2)11-16-12-18(15-9-7-6-8-10-15)20-13-17(16)19(3,4)5;/h3-15,17H,1-2H3;6-9,12-14H,11H2,1-5H3;/q2*-1;. The number of aromatic nitrogens is 4. The van der Waals surface area contributed by atoms with E-state index in [1.54, 1.807) is 4.40 Å². The Kier molecular flexibility index (Phi) is 11.3. The van der Waals surface area contributed by atoms with Crippen LogP contribution >= 0.6 is 0 Å². The van der Waals surface area contributed by atoms with Gasteiger partial charge < -0.3 is 14.0 Å². The molecule has 0 saturated carbocycles. The van der Waals surface area contributed by atoms with Crippen molar-refractivity contribution in [3.63, 3.8) is 0 Å². The monoisotopic (exact) mass is 923 g/mol. The number of furan rings is 1. The number of imidazole rings is 1. The number of hydrogen-bond donors (Lipinski definition) is 0. The van der Waals surface area contributed by atoms with Gasteiger partial charge in [-0.3, -0.25) is 4.98 Å². The van der Waals surface area contributed by atoms with Gasteiger partial charge in [-0.2, -0.15) is 0 Å². The number of benzene rings is 4. The summed E-state index contributed by atoms with van der Waals surface area (Å²) in [6, 6.07) is 40.9. The first-order valence-corrected chi connectivity index (χ1v) is 25.2. The molecule has 265 valence electrons. The van der Waals surface area contributed by atoms with Crippen LogP contribution in [-0.2, 0) is 26.5 Å². The van der Waals surface area contributed by atoms with Crippen LogP contribution in [0, 0.1) is 18.2 Å². The van der Waals surface area contributed by atoms with E-state index in [1.807, 2.05) is 54.6 Å². The Bertz CT molecular complexity index is 2440. The fourth-order valence-corrected chi connectivity index (χ4v) is 10.1. The van der Waals surface area contributed by atoms with Crippen molar-refractivity contribution in [2.24, 2.45) is 5.92 Å². The number of fused-ring (bicyclic) bond motifs is 4. The number of para-hydroxylation sites is 2. The zero-order chi connectivity index (χ0) is 35.7. The smallest absolute Gasteiger partial charge is 0.141 e. The van der Waals surface area contributed by atoms with E-state index in [-0.39, 0.29) is 26.1 Å². The van der Waals surface area contributed by atoms with E-state index < -0.39 is 13.3 Å². The molecule has 0 bridgehead atoms. The van der Waals surface area contributed by atoms with Crippen molar-refractivity contribution < 1.29 is 24.5 Å². The fourth-order valence-electron chi connectivity index (χ4n) is 6.78. The molecule has 7 heteroatoms. The van der Waals surface area contributed by atoms with E-state index >= 15 is 0 Å². The number of hydrogen-bond acceptors (Lipinski definition) is 4. The summed E-state index contributed by atoms with van der Waals surface area (Å²) in [5.41, 5.74) is 10.3. The first kappa shape index (κ1) is 37.4. The van der Waals surface area contributed by atoms with Gasteiger partial charge in [0.05, 0.1) is 16.9 Å². The summed E-state index contributed by atoms with van der Waals surface area (Å²) in [6.45, 7) is 8.91. The predicted molar refractivity (Wildman–Crippen MR) is 215 cm³/mol. The van der Waals surface area contributed by atoms with Crippen LogP contribution in [0.15, 0.2) is 120 Å². The molecular weight excluding hydrogens is 877 g/mol.